The van der Waals surface area contributed by atoms with E-state index in [0.717, 1.165) is 24.3 Å². The summed E-state index contributed by atoms with van der Waals surface area (Å²) in [5.74, 6) is 3.72. The Balaban J connectivity index is 2.12. The lowest BCUT2D eigenvalue weighted by atomic mass is 9.95. The van der Waals surface area contributed by atoms with Crippen molar-refractivity contribution in [2.75, 3.05) is 23.8 Å². The maximum absolute atomic E-state index is 12.7. The van der Waals surface area contributed by atoms with E-state index in [1.165, 1.54) is 5.75 Å². The molecule has 2 aliphatic heterocycles. The normalized spacial score (nSPS) is 30.7. The summed E-state index contributed by atoms with van der Waals surface area (Å²) in [7, 11) is 0. The van der Waals surface area contributed by atoms with Gasteiger partial charge in [0.1, 0.15) is 12.1 Å². The van der Waals surface area contributed by atoms with Crippen molar-refractivity contribution in [3.8, 4) is 0 Å². The zero-order valence-corrected chi connectivity index (χ0v) is 14.8. The molecule has 2 heterocycles. The highest BCUT2D eigenvalue weighted by Gasteiger charge is 2.42. The molecule has 0 aromatic carbocycles. The predicted octanol–water partition coefficient (Wildman–Crippen LogP) is 1.99. The lowest BCUT2D eigenvalue weighted by molar-refractivity contribution is -0.151. The minimum atomic E-state index is -0.321. The van der Waals surface area contributed by atoms with E-state index in [1.54, 1.807) is 0 Å². The molecule has 2 rings (SSSR count). The van der Waals surface area contributed by atoms with Gasteiger partial charge in [-0.2, -0.15) is 23.5 Å². The van der Waals surface area contributed by atoms with Gasteiger partial charge in [0.15, 0.2) is 0 Å². The summed E-state index contributed by atoms with van der Waals surface area (Å²) in [5.41, 5.74) is 0. The summed E-state index contributed by atoms with van der Waals surface area (Å²) < 4.78 is 0. The van der Waals surface area contributed by atoms with Crippen LogP contribution in [0.15, 0.2) is 0 Å². The summed E-state index contributed by atoms with van der Waals surface area (Å²) in [6.45, 7) is 6.81. The van der Waals surface area contributed by atoms with E-state index in [-0.39, 0.29) is 29.8 Å². The van der Waals surface area contributed by atoms with Gasteiger partial charge in [-0.25, -0.2) is 0 Å². The van der Waals surface area contributed by atoms with E-state index in [0.29, 0.717) is 11.8 Å². The Hall–Kier alpha value is -0.360. The van der Waals surface area contributed by atoms with Gasteiger partial charge in [0.25, 0.3) is 0 Å². The van der Waals surface area contributed by atoms with E-state index in [2.05, 4.69) is 5.32 Å². The molecule has 2 aliphatic rings. The molecular formula is C15H26N2O2S2. The van der Waals surface area contributed by atoms with Crippen LogP contribution in [0.5, 0.6) is 0 Å². The number of thioether (sulfide) groups is 2. The molecule has 3 unspecified atom stereocenters. The van der Waals surface area contributed by atoms with Gasteiger partial charge in [0.05, 0.1) is 0 Å². The van der Waals surface area contributed by atoms with Crippen LogP contribution in [-0.2, 0) is 9.59 Å². The standard InChI is InChI=1S/C15H26N2O2S2/c1-4-5-12-15(19)17(8-11-9-20-6-7-21-11)13(10(2)3)14(18)16-12/h10-13H,4-9H2,1-3H3,(H,16,18). The molecule has 0 radical (unpaired) electrons. The van der Waals surface area contributed by atoms with Crippen LogP contribution in [0.4, 0.5) is 0 Å². The average Bonchev–Trinajstić information content (AvgIpc) is 2.45. The average molecular weight is 331 g/mol. The molecule has 1 N–H and O–H groups in total. The molecule has 4 nitrogen and oxygen atoms in total. The van der Waals surface area contributed by atoms with Crippen LogP contribution in [0, 0.1) is 5.92 Å². The minimum Gasteiger partial charge on any atom is -0.342 e. The first kappa shape index (κ1) is 17.0. The van der Waals surface area contributed by atoms with Gasteiger partial charge in [-0.05, 0) is 12.3 Å². The predicted molar refractivity (Wildman–Crippen MR) is 90.7 cm³/mol. The molecule has 2 saturated heterocycles. The molecule has 3 atom stereocenters. The van der Waals surface area contributed by atoms with Crippen LogP contribution >= 0.6 is 23.5 Å². The van der Waals surface area contributed by atoms with Crippen LogP contribution in [-0.4, -0.2) is 57.9 Å². The smallest absolute Gasteiger partial charge is 0.245 e. The Labute approximate surface area is 136 Å². The Morgan fingerprint density at radius 1 is 1.33 bits per heavy atom. The summed E-state index contributed by atoms with van der Waals surface area (Å²) >= 11 is 3.90. The number of rotatable bonds is 5. The van der Waals surface area contributed by atoms with Crippen molar-refractivity contribution in [3.05, 3.63) is 0 Å². The van der Waals surface area contributed by atoms with Gasteiger partial charge in [-0.3, -0.25) is 9.59 Å². The zero-order chi connectivity index (χ0) is 15.4. The third-order valence-corrected chi connectivity index (χ3v) is 6.82. The summed E-state index contributed by atoms with van der Waals surface area (Å²) in [5, 5.41) is 3.38. The van der Waals surface area contributed by atoms with Crippen molar-refractivity contribution in [1.29, 1.82) is 0 Å². The number of carbonyl (C=O) groups excluding carboxylic acids is 2. The molecule has 0 aromatic heterocycles. The highest BCUT2D eigenvalue weighted by molar-refractivity contribution is 8.06. The number of nitrogens with zero attached hydrogens (tertiary/aromatic N) is 1. The molecule has 21 heavy (non-hydrogen) atoms. The zero-order valence-electron chi connectivity index (χ0n) is 13.1. The fourth-order valence-corrected chi connectivity index (χ4v) is 5.67. The van der Waals surface area contributed by atoms with Crippen LogP contribution in [0.3, 0.4) is 0 Å². The summed E-state index contributed by atoms with van der Waals surface area (Å²) in [6.07, 6.45) is 1.64. The number of piperazine rings is 1. The molecule has 0 aliphatic carbocycles. The second-order valence-electron chi connectivity index (χ2n) is 6.10. The number of carbonyl (C=O) groups is 2. The van der Waals surface area contributed by atoms with E-state index >= 15 is 0 Å². The van der Waals surface area contributed by atoms with Crippen molar-refractivity contribution in [3.63, 3.8) is 0 Å². The Morgan fingerprint density at radius 3 is 2.67 bits per heavy atom. The number of hydrogen-bond acceptors (Lipinski definition) is 4. The first-order valence-corrected chi connectivity index (χ1v) is 10.0. The molecule has 120 valence electrons. The molecule has 2 fully saturated rings. The van der Waals surface area contributed by atoms with Gasteiger partial charge in [-0.15, -0.1) is 0 Å². The number of amides is 2. The van der Waals surface area contributed by atoms with Gasteiger partial charge < -0.3 is 10.2 Å². The SMILES string of the molecule is CCCC1NC(=O)C(C(C)C)N(CC2CSCCS2)C1=O. The highest BCUT2D eigenvalue weighted by atomic mass is 32.2. The van der Waals surface area contributed by atoms with Crippen molar-refractivity contribution in [2.45, 2.75) is 50.9 Å². The van der Waals surface area contributed by atoms with E-state index in [1.807, 2.05) is 49.2 Å². The van der Waals surface area contributed by atoms with E-state index < -0.39 is 0 Å². The van der Waals surface area contributed by atoms with E-state index in [9.17, 15) is 9.59 Å². The van der Waals surface area contributed by atoms with Crippen molar-refractivity contribution in [2.24, 2.45) is 5.92 Å². The molecule has 2 amide bonds. The number of nitrogens with one attached hydrogen (secondary N) is 1. The largest absolute Gasteiger partial charge is 0.342 e. The molecule has 0 spiro atoms. The quantitative estimate of drug-likeness (QED) is 0.837. The van der Waals surface area contributed by atoms with Crippen LogP contribution in [0.2, 0.25) is 0 Å². The lowest BCUT2D eigenvalue weighted by Gasteiger charge is -2.42. The first-order chi connectivity index (χ1) is 10.0. The summed E-state index contributed by atoms with van der Waals surface area (Å²) in [4.78, 5) is 27.0. The van der Waals surface area contributed by atoms with Crippen LogP contribution in [0.25, 0.3) is 0 Å². The fourth-order valence-electron chi connectivity index (χ4n) is 3.01. The van der Waals surface area contributed by atoms with Crippen molar-refractivity contribution in [1.82, 2.24) is 10.2 Å². The highest BCUT2D eigenvalue weighted by Crippen LogP contribution is 2.27. The topological polar surface area (TPSA) is 49.4 Å². The third kappa shape index (κ3) is 4.09. The second-order valence-corrected chi connectivity index (χ2v) is 8.66. The fraction of sp³-hybridized carbons (Fsp3) is 0.867. The van der Waals surface area contributed by atoms with Gasteiger partial charge in [0.2, 0.25) is 11.8 Å². The van der Waals surface area contributed by atoms with Crippen LogP contribution in [0.1, 0.15) is 33.6 Å². The molecule has 0 aromatic rings. The molecule has 0 saturated carbocycles. The maximum Gasteiger partial charge on any atom is 0.245 e. The van der Waals surface area contributed by atoms with Gasteiger partial charge in [-0.1, -0.05) is 27.2 Å². The van der Waals surface area contributed by atoms with Crippen molar-refractivity contribution < 1.29 is 9.59 Å². The van der Waals surface area contributed by atoms with Crippen LogP contribution < -0.4 is 5.32 Å². The summed E-state index contributed by atoms with van der Waals surface area (Å²) in [6, 6.07) is -0.628. The Kier molecular flexibility index (Phi) is 6.29. The van der Waals surface area contributed by atoms with Gasteiger partial charge >= 0.3 is 0 Å². The monoisotopic (exact) mass is 330 g/mol. The molecule has 0 bridgehead atoms. The second kappa shape index (κ2) is 7.77. The Morgan fingerprint density at radius 2 is 2.10 bits per heavy atom. The Bertz CT molecular complexity index is 384. The minimum absolute atomic E-state index is 0.0245. The third-order valence-electron chi connectivity index (χ3n) is 4.00. The molecular weight excluding hydrogens is 304 g/mol. The maximum atomic E-state index is 12.7. The first-order valence-electron chi connectivity index (χ1n) is 7.84. The van der Waals surface area contributed by atoms with Gasteiger partial charge in [0, 0.05) is 29.1 Å². The number of hydrogen-bond donors (Lipinski definition) is 1. The van der Waals surface area contributed by atoms with Crippen molar-refractivity contribution >= 4 is 35.3 Å². The molecule has 6 heteroatoms. The van der Waals surface area contributed by atoms with E-state index in [4.69, 9.17) is 0 Å². The lowest BCUT2D eigenvalue weighted by Crippen LogP contribution is -2.65.